The smallest absolute Gasteiger partial charge is 0.303 e. The molecule has 4 rings (SSSR count). The maximum absolute atomic E-state index is 12.8. The number of aliphatic carboxylic acids is 1. The van der Waals surface area contributed by atoms with Crippen molar-refractivity contribution in [3.8, 4) is 0 Å². The van der Waals surface area contributed by atoms with Crippen molar-refractivity contribution in [2.45, 2.75) is 32.2 Å². The number of carbonyl (C=O) groups excluding carboxylic acids is 1. The van der Waals surface area contributed by atoms with Gasteiger partial charge in [0.25, 0.3) is 0 Å². The van der Waals surface area contributed by atoms with Crippen molar-refractivity contribution in [2.24, 2.45) is 5.10 Å². The van der Waals surface area contributed by atoms with Gasteiger partial charge in [-0.25, -0.2) is 5.01 Å². The summed E-state index contributed by atoms with van der Waals surface area (Å²) >= 11 is 0. The van der Waals surface area contributed by atoms with Crippen molar-refractivity contribution < 1.29 is 14.7 Å². The molecule has 0 saturated heterocycles. The summed E-state index contributed by atoms with van der Waals surface area (Å²) in [7, 11) is 0. The van der Waals surface area contributed by atoms with Crippen molar-refractivity contribution in [1.82, 2.24) is 15.0 Å². The van der Waals surface area contributed by atoms with Gasteiger partial charge in [-0.05, 0) is 30.2 Å². The van der Waals surface area contributed by atoms with Gasteiger partial charge in [0, 0.05) is 25.2 Å². The molecule has 0 fully saturated rings. The normalized spacial score (nSPS) is 16.1. The Kier molecular flexibility index (Phi) is 5.03. The molecule has 0 aliphatic carbocycles. The lowest BCUT2D eigenvalue weighted by Gasteiger charge is -2.22. The number of aryl methyl sites for hydroxylation is 1. The Morgan fingerprint density at radius 2 is 1.76 bits per heavy atom. The first-order chi connectivity index (χ1) is 14.0. The van der Waals surface area contributed by atoms with Crippen LogP contribution in [-0.2, 0) is 9.59 Å². The van der Waals surface area contributed by atoms with Gasteiger partial charge in [0.1, 0.15) is 0 Å². The fourth-order valence-electron chi connectivity index (χ4n) is 3.44. The van der Waals surface area contributed by atoms with Gasteiger partial charge in [-0.1, -0.05) is 35.9 Å². The lowest BCUT2D eigenvalue weighted by atomic mass is 9.97. The number of carbonyl (C=O) groups is 2. The minimum atomic E-state index is -1.00. The van der Waals surface area contributed by atoms with E-state index in [9.17, 15) is 9.59 Å². The molecule has 146 valence electrons. The van der Waals surface area contributed by atoms with Gasteiger partial charge < -0.3 is 5.11 Å². The van der Waals surface area contributed by atoms with Crippen molar-refractivity contribution >= 4 is 28.6 Å². The number of amides is 1. The van der Waals surface area contributed by atoms with E-state index in [0.717, 1.165) is 33.4 Å². The zero-order valence-corrected chi connectivity index (χ0v) is 15.9. The largest absolute Gasteiger partial charge is 0.481 e. The van der Waals surface area contributed by atoms with Crippen molar-refractivity contribution in [2.75, 3.05) is 0 Å². The van der Waals surface area contributed by atoms with E-state index in [2.05, 4.69) is 15.1 Å². The monoisotopic (exact) mass is 388 g/mol. The predicted octanol–water partition coefficient (Wildman–Crippen LogP) is 3.48. The van der Waals surface area contributed by atoms with E-state index < -0.39 is 5.97 Å². The number of carboxylic acid groups (broad SMARTS) is 1. The van der Waals surface area contributed by atoms with Gasteiger partial charge >= 0.3 is 5.97 Å². The number of aromatic nitrogens is 2. The van der Waals surface area contributed by atoms with Crippen LogP contribution >= 0.6 is 0 Å². The van der Waals surface area contributed by atoms with Crippen LogP contribution in [0.2, 0.25) is 0 Å². The zero-order valence-electron chi connectivity index (χ0n) is 15.9. The highest BCUT2D eigenvalue weighted by molar-refractivity contribution is 6.03. The van der Waals surface area contributed by atoms with Crippen molar-refractivity contribution in [3.05, 3.63) is 71.5 Å². The molecule has 7 heteroatoms. The Morgan fingerprint density at radius 3 is 2.48 bits per heavy atom. The molecule has 7 nitrogen and oxygen atoms in total. The van der Waals surface area contributed by atoms with Crippen LogP contribution in [0.1, 0.15) is 42.0 Å². The van der Waals surface area contributed by atoms with E-state index in [-0.39, 0.29) is 24.8 Å². The number of benzene rings is 2. The van der Waals surface area contributed by atoms with Gasteiger partial charge in [-0.2, -0.15) is 5.10 Å². The third-order valence-electron chi connectivity index (χ3n) is 4.98. The Bertz CT molecular complexity index is 1110. The third-order valence-corrected chi connectivity index (χ3v) is 4.98. The predicted molar refractivity (Wildman–Crippen MR) is 108 cm³/mol. The minimum absolute atomic E-state index is 0.0934. The Morgan fingerprint density at radius 1 is 1.03 bits per heavy atom. The molecule has 1 atom stereocenters. The van der Waals surface area contributed by atoms with Gasteiger partial charge in [0.15, 0.2) is 0 Å². The molecular formula is C22H20N4O3. The van der Waals surface area contributed by atoms with Gasteiger partial charge in [-0.3, -0.25) is 19.6 Å². The first kappa shape index (κ1) is 18.7. The van der Waals surface area contributed by atoms with Crippen LogP contribution in [0, 0.1) is 6.92 Å². The first-order valence-corrected chi connectivity index (χ1v) is 9.40. The van der Waals surface area contributed by atoms with Crippen molar-refractivity contribution in [3.63, 3.8) is 0 Å². The molecule has 0 radical (unpaired) electrons. The molecule has 2 heterocycles. The van der Waals surface area contributed by atoms with Gasteiger partial charge in [0.05, 0.1) is 29.2 Å². The maximum atomic E-state index is 12.8. The van der Waals surface area contributed by atoms with Crippen LogP contribution in [0.25, 0.3) is 11.0 Å². The molecule has 0 bridgehead atoms. The molecule has 0 unspecified atom stereocenters. The fourth-order valence-corrected chi connectivity index (χ4v) is 3.44. The average molecular weight is 388 g/mol. The quantitative estimate of drug-likeness (QED) is 0.722. The molecule has 1 aromatic heterocycles. The fraction of sp³-hybridized carbons (Fsp3) is 0.227. The highest BCUT2D eigenvalue weighted by Crippen LogP contribution is 2.34. The summed E-state index contributed by atoms with van der Waals surface area (Å²) in [5, 5.41) is 14.9. The Hall–Kier alpha value is -3.61. The molecule has 29 heavy (non-hydrogen) atoms. The summed E-state index contributed by atoms with van der Waals surface area (Å²) in [6.45, 7) is 2.01. The van der Waals surface area contributed by atoms with Crippen LogP contribution in [0.5, 0.6) is 0 Å². The third kappa shape index (κ3) is 3.99. The Balaban J connectivity index is 1.68. The molecule has 0 saturated carbocycles. The number of rotatable bonds is 5. The van der Waals surface area contributed by atoms with E-state index in [4.69, 9.17) is 5.11 Å². The molecule has 1 aliphatic heterocycles. The van der Waals surface area contributed by atoms with Crippen LogP contribution in [-0.4, -0.2) is 37.7 Å². The number of hydrogen-bond acceptors (Lipinski definition) is 5. The van der Waals surface area contributed by atoms with E-state index in [0.29, 0.717) is 6.42 Å². The van der Waals surface area contributed by atoms with Crippen LogP contribution in [0.3, 0.4) is 0 Å². The number of carboxylic acids is 1. The number of nitrogens with zero attached hydrogens (tertiary/aromatic N) is 4. The number of fused-ring (bicyclic) bond motifs is 1. The highest BCUT2D eigenvalue weighted by atomic mass is 16.4. The standard InChI is InChI=1S/C22H20N4O3/c1-14-2-4-15(5-3-14)18-13-20(26(25-18)21(27)8-9-22(28)29)16-6-7-17-19(12-16)24-11-10-23-17/h2-7,10-12,20H,8-9,13H2,1H3,(H,28,29)/t20-/m1/s1. The van der Waals surface area contributed by atoms with E-state index in [1.165, 1.54) is 5.01 Å². The molecule has 1 N–H and O–H groups in total. The zero-order chi connectivity index (χ0) is 20.4. The lowest BCUT2D eigenvalue weighted by Crippen LogP contribution is -2.27. The molecule has 1 aliphatic rings. The minimum Gasteiger partial charge on any atom is -0.481 e. The maximum Gasteiger partial charge on any atom is 0.303 e. The van der Waals surface area contributed by atoms with E-state index in [1.807, 2.05) is 49.4 Å². The first-order valence-electron chi connectivity index (χ1n) is 9.40. The van der Waals surface area contributed by atoms with E-state index in [1.54, 1.807) is 12.4 Å². The Labute approximate surface area is 167 Å². The molecule has 1 amide bonds. The highest BCUT2D eigenvalue weighted by Gasteiger charge is 2.33. The molecule has 2 aromatic carbocycles. The second-order valence-electron chi connectivity index (χ2n) is 7.07. The molecular weight excluding hydrogens is 368 g/mol. The summed E-state index contributed by atoms with van der Waals surface area (Å²) in [5.41, 5.74) is 5.32. The van der Waals surface area contributed by atoms with Crippen molar-refractivity contribution in [1.29, 1.82) is 0 Å². The van der Waals surface area contributed by atoms with E-state index >= 15 is 0 Å². The summed E-state index contributed by atoms with van der Waals surface area (Å²) in [4.78, 5) is 32.3. The van der Waals surface area contributed by atoms with Crippen LogP contribution in [0.15, 0.2) is 60.0 Å². The van der Waals surface area contributed by atoms with Crippen LogP contribution < -0.4 is 0 Å². The van der Waals surface area contributed by atoms with Crippen LogP contribution in [0.4, 0.5) is 0 Å². The molecule has 3 aromatic rings. The summed E-state index contributed by atoms with van der Waals surface area (Å²) in [5.74, 6) is -1.31. The topological polar surface area (TPSA) is 95.8 Å². The van der Waals surface area contributed by atoms with Gasteiger partial charge in [0.2, 0.25) is 5.91 Å². The average Bonchev–Trinajstić information content (AvgIpc) is 3.17. The summed E-state index contributed by atoms with van der Waals surface area (Å²) < 4.78 is 0. The summed E-state index contributed by atoms with van der Waals surface area (Å²) in [6.07, 6.45) is 3.50. The second kappa shape index (κ2) is 7.79. The number of hydrazone groups is 1. The van der Waals surface area contributed by atoms with Gasteiger partial charge in [-0.15, -0.1) is 0 Å². The SMILES string of the molecule is Cc1ccc(C2=NN(C(=O)CCC(=O)O)[C@@H](c3ccc4nccnc4c3)C2)cc1. The molecule has 0 spiro atoms. The summed E-state index contributed by atoms with van der Waals surface area (Å²) in [6, 6.07) is 13.4. The number of hydrogen-bond donors (Lipinski definition) is 1. The lowest BCUT2D eigenvalue weighted by molar-refractivity contribution is -0.141. The second-order valence-corrected chi connectivity index (χ2v) is 7.07.